The van der Waals surface area contributed by atoms with Gasteiger partial charge >= 0.3 is 5.97 Å². The molecule has 0 aliphatic carbocycles. The Balaban J connectivity index is 2.31. The van der Waals surface area contributed by atoms with Gasteiger partial charge in [0.05, 0.1) is 12.1 Å². The Kier molecular flexibility index (Phi) is 5.04. The molecule has 0 spiro atoms. The van der Waals surface area contributed by atoms with E-state index < -0.39 is 17.8 Å². The van der Waals surface area contributed by atoms with Gasteiger partial charge in [0.15, 0.2) is 6.04 Å². The number of hydrogen-bond donors (Lipinski definition) is 1. The van der Waals surface area contributed by atoms with Crippen LogP contribution in [0.1, 0.15) is 11.6 Å². The highest BCUT2D eigenvalue weighted by Crippen LogP contribution is 2.25. The molecule has 0 fully saturated rings. The Labute approximate surface area is 131 Å². The Morgan fingerprint density at radius 3 is 2.43 bits per heavy atom. The second kappa shape index (κ2) is 6.78. The van der Waals surface area contributed by atoms with Crippen molar-refractivity contribution in [2.75, 3.05) is 12.4 Å². The molecule has 0 saturated heterocycles. The second-order valence-electron chi connectivity index (χ2n) is 4.28. The van der Waals surface area contributed by atoms with E-state index in [1.54, 1.807) is 30.3 Å². The van der Waals surface area contributed by atoms with Gasteiger partial charge in [0.2, 0.25) is 0 Å². The Bertz CT molecular complexity index is 647. The average molecular weight is 328 g/mol. The second-order valence-corrected chi connectivity index (χ2v) is 5.12. The van der Waals surface area contributed by atoms with Crippen molar-refractivity contribution in [3.05, 3.63) is 63.9 Å². The molecule has 1 atom stereocenters. The van der Waals surface area contributed by atoms with Crippen molar-refractivity contribution < 1.29 is 13.9 Å². The van der Waals surface area contributed by atoms with Crippen molar-refractivity contribution in [3.63, 3.8) is 0 Å². The normalized spacial score (nSPS) is 11.8. The number of anilines is 1. The molecule has 0 bridgehead atoms. The number of carbonyl (C=O) groups is 1. The molecule has 2 rings (SSSR count). The van der Waals surface area contributed by atoms with Crippen molar-refractivity contribution in [1.29, 1.82) is 0 Å². The standard InChI is InChI=1S/C15H12Cl2FNO2/c1-21-15(20)14(9-2-7-12(17)13(18)8-9)19-11-5-3-10(16)4-6-11/h2-8,14,19H,1H3. The van der Waals surface area contributed by atoms with Crippen LogP contribution in [0.2, 0.25) is 10.0 Å². The van der Waals surface area contributed by atoms with Crippen LogP contribution in [-0.4, -0.2) is 13.1 Å². The number of nitrogens with one attached hydrogen (secondary N) is 1. The molecule has 0 heterocycles. The summed E-state index contributed by atoms with van der Waals surface area (Å²) in [6, 6.07) is 10.1. The number of methoxy groups -OCH3 is 1. The van der Waals surface area contributed by atoms with Crippen LogP contribution in [0.4, 0.5) is 10.1 Å². The van der Waals surface area contributed by atoms with Gasteiger partial charge in [0, 0.05) is 10.7 Å². The first-order chi connectivity index (χ1) is 10.0. The van der Waals surface area contributed by atoms with Crippen LogP contribution in [0.5, 0.6) is 0 Å². The summed E-state index contributed by atoms with van der Waals surface area (Å²) < 4.78 is 18.3. The molecular weight excluding hydrogens is 316 g/mol. The highest BCUT2D eigenvalue weighted by Gasteiger charge is 2.22. The Morgan fingerprint density at radius 1 is 1.19 bits per heavy atom. The van der Waals surface area contributed by atoms with Crippen LogP contribution in [-0.2, 0) is 9.53 Å². The molecule has 2 aromatic carbocycles. The Morgan fingerprint density at radius 2 is 1.86 bits per heavy atom. The van der Waals surface area contributed by atoms with Gasteiger partial charge in [-0.15, -0.1) is 0 Å². The van der Waals surface area contributed by atoms with Crippen LogP contribution >= 0.6 is 23.2 Å². The molecule has 6 heteroatoms. The zero-order valence-corrected chi connectivity index (χ0v) is 12.6. The van der Waals surface area contributed by atoms with Gasteiger partial charge in [-0.1, -0.05) is 29.3 Å². The maximum absolute atomic E-state index is 13.6. The van der Waals surface area contributed by atoms with E-state index in [2.05, 4.69) is 5.32 Å². The van der Waals surface area contributed by atoms with E-state index >= 15 is 0 Å². The molecule has 0 aliphatic rings. The first kappa shape index (κ1) is 15.6. The predicted molar refractivity (Wildman–Crippen MR) is 81.2 cm³/mol. The first-order valence-electron chi connectivity index (χ1n) is 6.06. The van der Waals surface area contributed by atoms with Crippen molar-refractivity contribution in [3.8, 4) is 0 Å². The lowest BCUT2D eigenvalue weighted by molar-refractivity contribution is -0.141. The summed E-state index contributed by atoms with van der Waals surface area (Å²) in [5.74, 6) is -1.13. The van der Waals surface area contributed by atoms with Gasteiger partial charge in [-0.25, -0.2) is 9.18 Å². The lowest BCUT2D eigenvalue weighted by Gasteiger charge is -2.18. The predicted octanol–water partition coefficient (Wildman–Crippen LogP) is 4.46. The van der Waals surface area contributed by atoms with Crippen molar-refractivity contribution in [1.82, 2.24) is 0 Å². The molecule has 0 radical (unpaired) electrons. The SMILES string of the molecule is COC(=O)C(Nc1ccc(Cl)cc1)c1ccc(Cl)c(F)c1. The van der Waals surface area contributed by atoms with E-state index in [0.29, 0.717) is 16.3 Å². The molecule has 2 aromatic rings. The van der Waals surface area contributed by atoms with Crippen molar-refractivity contribution >= 4 is 34.9 Å². The van der Waals surface area contributed by atoms with E-state index in [0.717, 1.165) is 0 Å². The van der Waals surface area contributed by atoms with Gasteiger partial charge in [0.25, 0.3) is 0 Å². The van der Waals surface area contributed by atoms with E-state index in [-0.39, 0.29) is 5.02 Å². The quantitative estimate of drug-likeness (QED) is 0.842. The van der Waals surface area contributed by atoms with Crippen LogP contribution in [0.25, 0.3) is 0 Å². The molecule has 0 amide bonds. The van der Waals surface area contributed by atoms with Gasteiger partial charge < -0.3 is 10.1 Å². The van der Waals surface area contributed by atoms with E-state index in [9.17, 15) is 9.18 Å². The number of esters is 1. The van der Waals surface area contributed by atoms with E-state index in [1.165, 1.54) is 19.2 Å². The molecule has 1 unspecified atom stereocenters. The van der Waals surface area contributed by atoms with Crippen molar-refractivity contribution in [2.24, 2.45) is 0 Å². The van der Waals surface area contributed by atoms with Crippen molar-refractivity contribution in [2.45, 2.75) is 6.04 Å². The van der Waals surface area contributed by atoms with Crippen LogP contribution in [0.15, 0.2) is 42.5 Å². The largest absolute Gasteiger partial charge is 0.467 e. The summed E-state index contributed by atoms with van der Waals surface area (Å²) in [4.78, 5) is 11.9. The van der Waals surface area contributed by atoms with E-state index in [1.807, 2.05) is 0 Å². The zero-order valence-electron chi connectivity index (χ0n) is 11.1. The number of carbonyl (C=O) groups excluding carboxylic acids is 1. The molecule has 110 valence electrons. The first-order valence-corrected chi connectivity index (χ1v) is 6.81. The van der Waals surface area contributed by atoms with Crippen LogP contribution in [0.3, 0.4) is 0 Å². The number of benzene rings is 2. The summed E-state index contributed by atoms with van der Waals surface area (Å²) in [5.41, 5.74) is 1.07. The maximum atomic E-state index is 13.6. The fourth-order valence-corrected chi connectivity index (χ4v) is 2.04. The third kappa shape index (κ3) is 3.86. The Hall–Kier alpha value is -1.78. The topological polar surface area (TPSA) is 38.3 Å². The zero-order chi connectivity index (χ0) is 15.4. The summed E-state index contributed by atoms with van der Waals surface area (Å²) in [6.07, 6.45) is 0. The lowest BCUT2D eigenvalue weighted by atomic mass is 10.1. The third-order valence-corrected chi connectivity index (χ3v) is 3.43. The monoisotopic (exact) mass is 327 g/mol. The average Bonchev–Trinajstić information content (AvgIpc) is 2.49. The molecule has 0 aliphatic heterocycles. The van der Waals surface area contributed by atoms with Crippen LogP contribution < -0.4 is 5.32 Å². The third-order valence-electron chi connectivity index (χ3n) is 2.87. The molecule has 3 nitrogen and oxygen atoms in total. The van der Waals surface area contributed by atoms with Gasteiger partial charge in [-0.05, 0) is 42.0 Å². The number of ether oxygens (including phenoxy) is 1. The maximum Gasteiger partial charge on any atom is 0.332 e. The molecule has 1 N–H and O–H groups in total. The minimum Gasteiger partial charge on any atom is -0.467 e. The molecule has 0 saturated carbocycles. The summed E-state index contributed by atoms with van der Waals surface area (Å²) in [5, 5.41) is 3.55. The minimum atomic E-state index is -0.844. The summed E-state index contributed by atoms with van der Waals surface area (Å²) in [7, 11) is 1.27. The summed E-state index contributed by atoms with van der Waals surface area (Å²) in [6.45, 7) is 0. The van der Waals surface area contributed by atoms with Gasteiger partial charge in [0.1, 0.15) is 5.82 Å². The van der Waals surface area contributed by atoms with Crippen LogP contribution in [0, 0.1) is 5.82 Å². The number of hydrogen-bond acceptors (Lipinski definition) is 3. The number of rotatable bonds is 4. The van der Waals surface area contributed by atoms with E-state index in [4.69, 9.17) is 27.9 Å². The number of halogens is 3. The fraction of sp³-hybridized carbons (Fsp3) is 0.133. The smallest absolute Gasteiger partial charge is 0.332 e. The fourth-order valence-electron chi connectivity index (χ4n) is 1.80. The minimum absolute atomic E-state index is 0.00569. The molecule has 0 aromatic heterocycles. The summed E-state index contributed by atoms with van der Waals surface area (Å²) >= 11 is 11.5. The molecule has 21 heavy (non-hydrogen) atoms. The highest BCUT2D eigenvalue weighted by molar-refractivity contribution is 6.31. The van der Waals surface area contributed by atoms with Gasteiger partial charge in [-0.3, -0.25) is 0 Å². The lowest BCUT2D eigenvalue weighted by Crippen LogP contribution is -2.22. The highest BCUT2D eigenvalue weighted by atomic mass is 35.5. The van der Waals surface area contributed by atoms with Gasteiger partial charge in [-0.2, -0.15) is 0 Å². The molecular formula is C15H12Cl2FNO2.